The summed E-state index contributed by atoms with van der Waals surface area (Å²) < 4.78 is 10.7. The number of rotatable bonds is 7. The molecule has 1 aromatic carbocycles. The molecule has 3 aromatic heterocycles. The summed E-state index contributed by atoms with van der Waals surface area (Å²) in [7, 11) is 1.57. The van der Waals surface area contributed by atoms with Crippen molar-refractivity contribution in [2.24, 2.45) is 0 Å². The lowest BCUT2D eigenvalue weighted by molar-refractivity contribution is -0.117. The van der Waals surface area contributed by atoms with E-state index in [0.717, 1.165) is 40.9 Å². The topological polar surface area (TPSA) is 124 Å². The summed E-state index contributed by atoms with van der Waals surface area (Å²) in [4.78, 5) is 35.0. The molecule has 4 aromatic rings. The Hall–Kier alpha value is -4.24. The minimum absolute atomic E-state index is 0.148. The summed E-state index contributed by atoms with van der Waals surface area (Å²) in [6, 6.07) is 13.2. The van der Waals surface area contributed by atoms with Gasteiger partial charge in [0.05, 0.1) is 6.61 Å². The van der Waals surface area contributed by atoms with Crippen LogP contribution in [0, 0.1) is 0 Å². The summed E-state index contributed by atoms with van der Waals surface area (Å²) in [6.07, 6.45) is 4.79. The Bertz CT molecular complexity index is 1400. The lowest BCUT2D eigenvalue weighted by Crippen LogP contribution is -2.26. The normalized spacial score (nSPS) is 13.5. The average molecular weight is 472 g/mol. The first-order valence-corrected chi connectivity index (χ1v) is 11.4. The van der Waals surface area contributed by atoms with Crippen molar-refractivity contribution in [2.45, 2.75) is 12.8 Å². The first-order chi connectivity index (χ1) is 17.0. The molecule has 35 heavy (non-hydrogen) atoms. The van der Waals surface area contributed by atoms with Gasteiger partial charge in [-0.15, -0.1) is 0 Å². The number of nitrogens with two attached hydrogens (primary N) is 1. The number of benzene rings is 1. The maximum Gasteiger partial charge on any atom is 0.287 e. The van der Waals surface area contributed by atoms with Crippen LogP contribution in [-0.4, -0.2) is 48.6 Å². The third-order valence-corrected chi connectivity index (χ3v) is 6.04. The van der Waals surface area contributed by atoms with Crippen LogP contribution in [0.2, 0.25) is 0 Å². The van der Waals surface area contributed by atoms with Crippen molar-refractivity contribution in [3.63, 3.8) is 0 Å². The van der Waals surface area contributed by atoms with Crippen LogP contribution in [-0.2, 0) is 9.53 Å². The maximum absolute atomic E-state index is 12.4. The predicted octanol–water partition coefficient (Wildman–Crippen LogP) is 3.64. The number of amides is 2. The molecule has 0 radical (unpaired) electrons. The average Bonchev–Trinajstić information content (AvgIpc) is 3.51. The predicted molar refractivity (Wildman–Crippen MR) is 133 cm³/mol. The zero-order chi connectivity index (χ0) is 24.4. The summed E-state index contributed by atoms with van der Waals surface area (Å²) in [5.41, 5.74) is 10.8. The first-order valence-electron chi connectivity index (χ1n) is 11.4. The van der Waals surface area contributed by atoms with Crippen LogP contribution < -0.4 is 16.0 Å². The Morgan fingerprint density at radius 2 is 1.97 bits per heavy atom. The number of hydrogen-bond acceptors (Lipinski definition) is 7. The number of hydrogen-bond donors (Lipinski definition) is 2. The smallest absolute Gasteiger partial charge is 0.287 e. The second-order valence-electron chi connectivity index (χ2n) is 8.29. The Kier molecular flexibility index (Phi) is 6.15. The van der Waals surface area contributed by atoms with E-state index in [0.29, 0.717) is 36.5 Å². The van der Waals surface area contributed by atoms with E-state index in [1.54, 1.807) is 30.5 Å². The van der Waals surface area contributed by atoms with Crippen molar-refractivity contribution in [1.82, 2.24) is 15.3 Å². The fourth-order valence-corrected chi connectivity index (χ4v) is 4.25. The highest BCUT2D eigenvalue weighted by Crippen LogP contribution is 2.34. The van der Waals surface area contributed by atoms with Crippen LogP contribution in [0.15, 0.2) is 59.3 Å². The highest BCUT2D eigenvalue weighted by atomic mass is 16.5. The minimum atomic E-state index is -0.335. The van der Waals surface area contributed by atoms with Crippen molar-refractivity contribution >= 4 is 34.4 Å². The molecule has 0 aliphatic carbocycles. The first kappa shape index (κ1) is 22.5. The second kappa shape index (κ2) is 9.55. The molecule has 2 amide bonds. The van der Waals surface area contributed by atoms with E-state index in [1.807, 2.05) is 36.4 Å². The number of nitrogen functional groups attached to an aromatic ring is 1. The van der Waals surface area contributed by atoms with E-state index in [2.05, 4.69) is 15.3 Å². The molecular weight excluding hydrogens is 446 g/mol. The number of pyridine rings is 2. The van der Waals surface area contributed by atoms with E-state index in [1.165, 1.54) is 0 Å². The van der Waals surface area contributed by atoms with Gasteiger partial charge in [-0.2, -0.15) is 0 Å². The van der Waals surface area contributed by atoms with Crippen molar-refractivity contribution in [2.75, 3.05) is 37.4 Å². The maximum atomic E-state index is 12.4. The lowest BCUT2D eigenvalue weighted by Gasteiger charge is -2.16. The SMILES string of the molecule is COCCNC(=O)c1cc2c(-c3cnc(N)c(-c4ccc(N5CCCC5=O)cc4)c3)ccnc2o1. The molecule has 1 aliphatic rings. The fourth-order valence-electron chi connectivity index (χ4n) is 4.25. The number of nitrogens with one attached hydrogen (secondary N) is 1. The number of aromatic nitrogens is 2. The number of fused-ring (bicyclic) bond motifs is 1. The van der Waals surface area contributed by atoms with E-state index in [-0.39, 0.29) is 17.6 Å². The van der Waals surface area contributed by atoms with Gasteiger partial charge >= 0.3 is 0 Å². The third-order valence-electron chi connectivity index (χ3n) is 6.04. The molecule has 3 N–H and O–H groups in total. The molecular formula is C26H25N5O4. The zero-order valence-corrected chi connectivity index (χ0v) is 19.3. The fraction of sp³-hybridized carbons (Fsp3) is 0.231. The van der Waals surface area contributed by atoms with Crippen molar-refractivity contribution in [1.29, 1.82) is 0 Å². The number of carbonyl (C=O) groups is 2. The highest BCUT2D eigenvalue weighted by molar-refractivity contribution is 6.00. The van der Waals surface area contributed by atoms with Crippen LogP contribution in [0.5, 0.6) is 0 Å². The number of methoxy groups -OCH3 is 1. The van der Waals surface area contributed by atoms with Crippen LogP contribution in [0.25, 0.3) is 33.4 Å². The van der Waals surface area contributed by atoms with Gasteiger partial charge < -0.3 is 25.1 Å². The largest absolute Gasteiger partial charge is 0.433 e. The van der Waals surface area contributed by atoms with Crippen molar-refractivity contribution < 1.29 is 18.7 Å². The van der Waals surface area contributed by atoms with Crippen LogP contribution in [0.1, 0.15) is 23.4 Å². The third kappa shape index (κ3) is 4.45. The van der Waals surface area contributed by atoms with Gasteiger partial charge in [-0.1, -0.05) is 12.1 Å². The van der Waals surface area contributed by atoms with Crippen LogP contribution >= 0.6 is 0 Å². The molecule has 9 heteroatoms. The lowest BCUT2D eigenvalue weighted by atomic mass is 9.99. The number of anilines is 2. The molecule has 178 valence electrons. The number of furan rings is 1. The quantitative estimate of drug-likeness (QED) is 0.394. The molecule has 0 unspecified atom stereocenters. The Morgan fingerprint density at radius 1 is 1.14 bits per heavy atom. The molecule has 1 fully saturated rings. The summed E-state index contributed by atoms with van der Waals surface area (Å²) in [6.45, 7) is 1.53. The van der Waals surface area contributed by atoms with Gasteiger partial charge in [0.25, 0.3) is 5.91 Å². The van der Waals surface area contributed by atoms with Crippen LogP contribution in [0.4, 0.5) is 11.5 Å². The summed E-state index contributed by atoms with van der Waals surface area (Å²) >= 11 is 0. The van der Waals surface area contributed by atoms with Gasteiger partial charge in [-0.3, -0.25) is 9.59 Å². The molecule has 1 saturated heterocycles. The summed E-state index contributed by atoms with van der Waals surface area (Å²) in [5.74, 6) is 0.384. The Labute approximate surface area is 201 Å². The van der Waals surface area contributed by atoms with E-state index in [9.17, 15) is 9.59 Å². The standard InChI is InChI=1S/C26H25N5O4/c1-34-12-10-28-25(33)22-14-21-19(8-9-29-26(21)35-22)17-13-20(24(27)30-15-17)16-4-6-18(7-5-16)31-11-2-3-23(31)32/h4-9,13-15H,2-3,10-12H2,1H3,(H2,27,30)(H,28,33). The molecule has 5 rings (SSSR count). The summed E-state index contributed by atoms with van der Waals surface area (Å²) in [5, 5.41) is 3.45. The molecule has 0 bridgehead atoms. The number of ether oxygens (including phenoxy) is 1. The second-order valence-corrected chi connectivity index (χ2v) is 8.29. The van der Waals surface area contributed by atoms with Gasteiger partial charge in [0.1, 0.15) is 5.82 Å². The van der Waals surface area contributed by atoms with Gasteiger partial charge in [0.2, 0.25) is 11.6 Å². The van der Waals surface area contributed by atoms with E-state index >= 15 is 0 Å². The minimum Gasteiger partial charge on any atom is -0.433 e. The molecule has 1 aliphatic heterocycles. The number of nitrogens with zero attached hydrogens (tertiary/aromatic N) is 3. The van der Waals surface area contributed by atoms with Gasteiger partial charge in [0, 0.05) is 61.2 Å². The molecule has 0 atom stereocenters. The molecule has 0 saturated carbocycles. The molecule has 0 spiro atoms. The Morgan fingerprint density at radius 3 is 2.71 bits per heavy atom. The van der Waals surface area contributed by atoms with E-state index < -0.39 is 0 Å². The monoisotopic (exact) mass is 471 g/mol. The van der Waals surface area contributed by atoms with Gasteiger partial charge in [0.15, 0.2) is 5.76 Å². The van der Waals surface area contributed by atoms with Crippen molar-refractivity contribution in [3.05, 3.63) is 60.6 Å². The zero-order valence-electron chi connectivity index (χ0n) is 19.3. The highest BCUT2D eigenvalue weighted by Gasteiger charge is 2.22. The molecule has 9 nitrogen and oxygen atoms in total. The van der Waals surface area contributed by atoms with Crippen molar-refractivity contribution in [3.8, 4) is 22.3 Å². The number of carbonyl (C=O) groups excluding carboxylic acids is 2. The Balaban J connectivity index is 1.47. The van der Waals surface area contributed by atoms with Crippen LogP contribution in [0.3, 0.4) is 0 Å². The van der Waals surface area contributed by atoms with E-state index in [4.69, 9.17) is 14.9 Å². The van der Waals surface area contributed by atoms with Gasteiger partial charge in [-0.05, 0) is 47.9 Å². The molecule has 4 heterocycles. The van der Waals surface area contributed by atoms with Gasteiger partial charge in [-0.25, -0.2) is 9.97 Å².